The highest BCUT2D eigenvalue weighted by molar-refractivity contribution is 7.91. The monoisotopic (exact) mass is 815 g/mol. The van der Waals surface area contributed by atoms with Crippen molar-refractivity contribution in [3.8, 4) is 17.5 Å². The van der Waals surface area contributed by atoms with E-state index in [1.807, 2.05) is 19.9 Å². The standard InChI is InChI=1S/C40H54FN5O10S/c1-23-10-8-9-11-26-20-40(26,36(49)44-57(52,53)39(22-41)14-15-39)43-33(47)30-19-28(56-34-29-13-12-27(54-6)17-25(29)18-31(42-34)55-7)21-45(30)35(48)32(24(2)16-23)46(37(50)51)38(3,4)5/h9,11-13,17-18,23-24,26,28,30,32H,8,10,14-16,19-22H2,1-7H3,(H,43,47)(H,44,49)(H,50,51)/b11-9-/t23-,24-,26-,28-,30+,32+,40-/m1/s1. The van der Waals surface area contributed by atoms with E-state index in [0.29, 0.717) is 35.8 Å². The Bertz CT molecular complexity index is 2050. The summed E-state index contributed by atoms with van der Waals surface area (Å²) in [5.41, 5.74) is -2.71. The number of rotatable bonds is 9. The van der Waals surface area contributed by atoms with Crippen molar-refractivity contribution in [1.29, 1.82) is 0 Å². The number of amides is 4. The molecule has 2 aromatic rings. The Morgan fingerprint density at radius 3 is 2.46 bits per heavy atom. The van der Waals surface area contributed by atoms with Crippen molar-refractivity contribution in [2.45, 2.75) is 114 Å². The van der Waals surface area contributed by atoms with Crippen LogP contribution in [0.5, 0.6) is 17.5 Å². The molecule has 3 N–H and O–H groups in total. The number of alkyl halides is 1. The number of pyridine rings is 1. The van der Waals surface area contributed by atoms with Gasteiger partial charge >= 0.3 is 6.09 Å². The molecular formula is C40H54FN5O10S. The number of halogens is 1. The number of nitrogens with zero attached hydrogens (tertiary/aromatic N) is 3. The summed E-state index contributed by atoms with van der Waals surface area (Å²) in [6.07, 6.45) is 3.47. The van der Waals surface area contributed by atoms with E-state index in [1.165, 1.54) is 12.0 Å². The van der Waals surface area contributed by atoms with Crippen molar-refractivity contribution in [2.75, 3.05) is 27.4 Å². The van der Waals surface area contributed by atoms with Gasteiger partial charge in [0.05, 0.1) is 20.8 Å². The fraction of sp³-hybridized carbons (Fsp3) is 0.625. The average Bonchev–Trinajstić information content (AvgIpc) is 4.05. The second-order valence-corrected chi connectivity index (χ2v) is 19.2. The third-order valence-corrected chi connectivity index (χ3v) is 14.0. The van der Waals surface area contributed by atoms with E-state index in [1.54, 1.807) is 58.2 Å². The van der Waals surface area contributed by atoms with E-state index in [-0.39, 0.29) is 49.9 Å². The van der Waals surface area contributed by atoms with Gasteiger partial charge < -0.3 is 29.5 Å². The van der Waals surface area contributed by atoms with E-state index < -0.39 is 86.4 Å². The molecule has 2 aliphatic heterocycles. The first-order valence-corrected chi connectivity index (χ1v) is 20.9. The number of sulfonamides is 1. The number of methoxy groups -OCH3 is 2. The van der Waals surface area contributed by atoms with Crippen LogP contribution in [0.3, 0.4) is 0 Å². The summed E-state index contributed by atoms with van der Waals surface area (Å²) < 4.78 is 58.0. The highest BCUT2D eigenvalue weighted by Gasteiger charge is 2.64. The van der Waals surface area contributed by atoms with Crippen LogP contribution in [0.1, 0.15) is 79.6 Å². The van der Waals surface area contributed by atoms with Gasteiger partial charge in [-0.3, -0.25) is 24.0 Å². The molecule has 0 spiro atoms. The minimum Gasteiger partial charge on any atom is -0.497 e. The SMILES string of the molecule is COc1ccc2c(O[C@@H]3C[C@H]4C(=O)N[C@]5(C(=O)NS(=O)(=O)C6(CF)CC6)C[C@H]5/C=C\CC[C@@H](C)C[C@@H](C)[C@H](N(C(=O)O)C(C)(C)C)C(=O)N4C3)nc(OC)cc2c1. The van der Waals surface area contributed by atoms with Crippen LogP contribution in [0.15, 0.2) is 36.4 Å². The zero-order valence-corrected chi connectivity index (χ0v) is 34.4. The summed E-state index contributed by atoms with van der Waals surface area (Å²) in [6, 6.07) is 4.54. The third-order valence-electron chi connectivity index (χ3n) is 11.9. The minimum atomic E-state index is -4.41. The molecule has 1 aromatic carbocycles. The van der Waals surface area contributed by atoms with Crippen LogP contribution < -0.4 is 24.2 Å². The van der Waals surface area contributed by atoms with E-state index in [2.05, 4.69) is 15.0 Å². The van der Waals surface area contributed by atoms with Gasteiger partial charge in [-0.1, -0.05) is 26.0 Å². The Kier molecular flexibility index (Phi) is 11.5. The first-order valence-electron chi connectivity index (χ1n) is 19.4. The molecule has 4 aliphatic rings. The molecule has 0 radical (unpaired) electrons. The molecule has 1 saturated heterocycles. The van der Waals surface area contributed by atoms with Crippen LogP contribution in [-0.2, 0) is 24.4 Å². The summed E-state index contributed by atoms with van der Waals surface area (Å²) >= 11 is 0. The Morgan fingerprint density at radius 1 is 1.12 bits per heavy atom. The smallest absolute Gasteiger partial charge is 0.408 e. The highest BCUT2D eigenvalue weighted by atomic mass is 32.2. The topological polar surface area (TPSA) is 194 Å². The molecule has 3 heterocycles. The number of carbonyl (C=O) groups is 4. The van der Waals surface area contributed by atoms with Crippen LogP contribution in [0.2, 0.25) is 0 Å². The van der Waals surface area contributed by atoms with Gasteiger partial charge in [0.15, 0.2) is 0 Å². The number of aromatic nitrogens is 1. The largest absolute Gasteiger partial charge is 0.497 e. The quantitative estimate of drug-likeness (QED) is 0.300. The summed E-state index contributed by atoms with van der Waals surface area (Å²) in [7, 11) is -1.42. The lowest BCUT2D eigenvalue weighted by molar-refractivity contribution is -0.146. The normalized spacial score (nSPS) is 29.4. The van der Waals surface area contributed by atoms with Gasteiger partial charge in [0.1, 0.15) is 40.9 Å². The molecule has 17 heteroatoms. The molecule has 3 fully saturated rings. The maximum absolute atomic E-state index is 15.1. The second-order valence-electron chi connectivity index (χ2n) is 17.2. The van der Waals surface area contributed by atoms with Crippen molar-refractivity contribution >= 4 is 44.6 Å². The molecule has 6 rings (SSSR count). The number of benzene rings is 1. The van der Waals surface area contributed by atoms with Gasteiger partial charge in [-0.15, -0.1) is 0 Å². The number of nitrogens with one attached hydrogen (secondary N) is 2. The molecule has 312 valence electrons. The summed E-state index contributed by atoms with van der Waals surface area (Å²) in [6.45, 7) is 7.70. The first-order chi connectivity index (χ1) is 26.8. The number of ether oxygens (including phenoxy) is 3. The van der Waals surface area contributed by atoms with Crippen LogP contribution in [0.4, 0.5) is 9.18 Å². The van der Waals surface area contributed by atoms with E-state index in [4.69, 9.17) is 14.2 Å². The zero-order chi connectivity index (χ0) is 41.7. The number of allylic oxidation sites excluding steroid dienone is 1. The van der Waals surface area contributed by atoms with E-state index in [0.717, 1.165) is 4.90 Å². The van der Waals surface area contributed by atoms with Crippen molar-refractivity contribution in [3.05, 3.63) is 36.4 Å². The number of carbonyl (C=O) groups excluding carboxylic acids is 3. The Balaban J connectivity index is 1.41. The lowest BCUT2D eigenvalue weighted by Crippen LogP contribution is -2.62. The fourth-order valence-corrected chi connectivity index (χ4v) is 9.80. The number of carboxylic acid groups (broad SMARTS) is 1. The Labute approximate surface area is 332 Å². The van der Waals surface area contributed by atoms with Gasteiger partial charge in [0.25, 0.3) is 5.91 Å². The molecule has 7 atom stereocenters. The molecule has 1 aromatic heterocycles. The molecule has 15 nitrogen and oxygen atoms in total. The minimum absolute atomic E-state index is 0.0600. The molecule has 57 heavy (non-hydrogen) atoms. The maximum Gasteiger partial charge on any atom is 0.408 e. The van der Waals surface area contributed by atoms with Crippen molar-refractivity contribution in [1.82, 2.24) is 24.8 Å². The van der Waals surface area contributed by atoms with Gasteiger partial charge in [0, 0.05) is 29.3 Å². The van der Waals surface area contributed by atoms with Crippen LogP contribution in [-0.4, -0.2) is 114 Å². The molecule has 0 unspecified atom stereocenters. The van der Waals surface area contributed by atoms with E-state index >= 15 is 4.79 Å². The predicted octanol–water partition coefficient (Wildman–Crippen LogP) is 4.58. The number of hydrogen-bond donors (Lipinski definition) is 3. The Morgan fingerprint density at radius 2 is 1.84 bits per heavy atom. The van der Waals surface area contributed by atoms with Gasteiger partial charge in [-0.25, -0.2) is 17.6 Å². The number of fused-ring (bicyclic) bond motifs is 3. The highest BCUT2D eigenvalue weighted by Crippen LogP contribution is 2.48. The van der Waals surface area contributed by atoms with Gasteiger partial charge in [-0.05, 0) is 94.7 Å². The first kappa shape index (κ1) is 41.9. The van der Waals surface area contributed by atoms with Gasteiger partial charge in [-0.2, -0.15) is 4.98 Å². The lowest BCUT2D eigenvalue weighted by atomic mass is 9.85. The van der Waals surface area contributed by atoms with Gasteiger partial charge in [0.2, 0.25) is 33.6 Å². The zero-order valence-electron chi connectivity index (χ0n) is 33.5. The summed E-state index contributed by atoms with van der Waals surface area (Å²) in [4.78, 5) is 63.7. The fourth-order valence-electron chi connectivity index (χ4n) is 8.38. The molecule has 0 bridgehead atoms. The summed E-state index contributed by atoms with van der Waals surface area (Å²) in [5, 5.41) is 14.7. The number of hydrogen-bond acceptors (Lipinski definition) is 10. The van der Waals surface area contributed by atoms with Crippen LogP contribution in [0, 0.1) is 17.8 Å². The molecule has 4 amide bonds. The maximum atomic E-state index is 15.1. The molecule has 2 saturated carbocycles. The third kappa shape index (κ3) is 8.21. The van der Waals surface area contributed by atoms with Crippen LogP contribution in [0.25, 0.3) is 10.8 Å². The van der Waals surface area contributed by atoms with Crippen molar-refractivity contribution in [3.63, 3.8) is 0 Å². The van der Waals surface area contributed by atoms with Crippen LogP contribution >= 0.6 is 0 Å². The Hall–Kier alpha value is -4.67. The second kappa shape index (κ2) is 15.6. The predicted molar refractivity (Wildman–Crippen MR) is 208 cm³/mol. The molecule has 2 aliphatic carbocycles. The summed E-state index contributed by atoms with van der Waals surface area (Å²) in [5.74, 6) is -2.32. The lowest BCUT2D eigenvalue weighted by Gasteiger charge is -2.43. The molecular weight excluding hydrogens is 762 g/mol. The van der Waals surface area contributed by atoms with E-state index in [9.17, 15) is 32.3 Å². The van der Waals surface area contributed by atoms with Crippen molar-refractivity contribution in [2.24, 2.45) is 17.8 Å². The average molecular weight is 816 g/mol. The van der Waals surface area contributed by atoms with Crippen molar-refractivity contribution < 1.29 is 51.3 Å².